The smallest absolute Gasteiger partial charge is 0.249 e. The van der Waals surface area contributed by atoms with Crippen LogP contribution in [0.2, 0.25) is 0 Å². The van der Waals surface area contributed by atoms with Crippen molar-refractivity contribution in [2.45, 2.75) is 48.6 Å². The molecule has 12 heteroatoms. The van der Waals surface area contributed by atoms with Gasteiger partial charge in [0.2, 0.25) is 10.0 Å². The minimum Gasteiger partial charge on any atom is -0.392 e. The van der Waals surface area contributed by atoms with E-state index < -0.39 is 10.0 Å². The molecule has 0 unspecified atom stereocenters. The molecule has 4 heterocycles. The number of rotatable bonds is 8. The molecule has 2 aliphatic rings. The number of thiazole rings is 1. The first-order chi connectivity index (χ1) is 19.7. The molecule has 0 saturated carbocycles. The van der Waals surface area contributed by atoms with Gasteiger partial charge in [-0.05, 0) is 36.1 Å². The number of nitrogens with zero attached hydrogens (tertiary/aromatic N) is 5. The Kier molecular flexibility index (Phi) is 7.68. The van der Waals surface area contributed by atoms with Crippen LogP contribution in [-0.4, -0.2) is 71.3 Å². The molecule has 3 atom stereocenters. The van der Waals surface area contributed by atoms with E-state index in [-0.39, 0.29) is 28.1 Å². The molecule has 2 aliphatic heterocycles. The molecule has 0 aliphatic carbocycles. The van der Waals surface area contributed by atoms with Crippen molar-refractivity contribution in [3.63, 3.8) is 0 Å². The number of hydrogen-bond acceptors (Lipinski definition) is 8. The SMILES string of the molecule is C[C@H](c1ccccc1-c1cncn1CCc1ccc(F)cc1)c1nc(N2CCN3C[C@H](O)C[C@H]3C2)sc1S(N)(=O)=O. The highest BCUT2D eigenvalue weighted by atomic mass is 32.2. The molecule has 0 radical (unpaired) electrons. The van der Waals surface area contributed by atoms with Gasteiger partial charge in [-0.3, -0.25) is 4.90 Å². The zero-order valence-electron chi connectivity index (χ0n) is 22.7. The number of primary sulfonamides is 1. The molecular formula is C29H33FN6O3S2. The Bertz CT molecular complexity index is 1640. The number of aliphatic hydroxyl groups is 1. The Morgan fingerprint density at radius 1 is 1.15 bits per heavy atom. The molecule has 0 amide bonds. The summed E-state index contributed by atoms with van der Waals surface area (Å²) in [4.78, 5) is 13.7. The number of piperazine rings is 1. The number of aliphatic hydroxyl groups excluding tert-OH is 1. The minimum absolute atomic E-state index is 0.0773. The quantitative estimate of drug-likeness (QED) is 0.320. The fourth-order valence-corrected chi connectivity index (χ4v) is 8.12. The van der Waals surface area contributed by atoms with Gasteiger partial charge < -0.3 is 14.6 Å². The zero-order valence-corrected chi connectivity index (χ0v) is 24.4. The van der Waals surface area contributed by atoms with Crippen LogP contribution in [0.25, 0.3) is 11.3 Å². The summed E-state index contributed by atoms with van der Waals surface area (Å²) in [6.07, 6.45) is 4.66. The van der Waals surface area contributed by atoms with Crippen molar-refractivity contribution in [2.75, 3.05) is 31.1 Å². The van der Waals surface area contributed by atoms with Gasteiger partial charge >= 0.3 is 0 Å². The van der Waals surface area contributed by atoms with Crippen LogP contribution >= 0.6 is 11.3 Å². The number of sulfonamides is 1. The first-order valence-corrected chi connectivity index (χ1v) is 16.1. The van der Waals surface area contributed by atoms with E-state index in [1.165, 1.54) is 12.1 Å². The molecular weight excluding hydrogens is 563 g/mol. The van der Waals surface area contributed by atoms with E-state index in [9.17, 15) is 17.9 Å². The third kappa shape index (κ3) is 5.80. The largest absolute Gasteiger partial charge is 0.392 e. The van der Waals surface area contributed by atoms with E-state index in [1.54, 1.807) is 24.7 Å². The molecule has 9 nitrogen and oxygen atoms in total. The lowest BCUT2D eigenvalue weighted by molar-refractivity contribution is 0.173. The minimum atomic E-state index is -4.01. The molecule has 2 aromatic carbocycles. The molecule has 0 bridgehead atoms. The highest BCUT2D eigenvalue weighted by Gasteiger charge is 2.37. The summed E-state index contributed by atoms with van der Waals surface area (Å²) >= 11 is 1.12. The van der Waals surface area contributed by atoms with Crippen molar-refractivity contribution in [2.24, 2.45) is 5.14 Å². The zero-order chi connectivity index (χ0) is 28.7. The molecule has 0 spiro atoms. The summed E-state index contributed by atoms with van der Waals surface area (Å²) in [5.74, 6) is -0.622. The van der Waals surface area contributed by atoms with Gasteiger partial charge in [0, 0.05) is 50.2 Å². The second-order valence-electron chi connectivity index (χ2n) is 10.9. The fourth-order valence-electron chi connectivity index (χ4n) is 5.99. The third-order valence-corrected chi connectivity index (χ3v) is 10.7. The number of anilines is 1. The predicted molar refractivity (Wildman–Crippen MR) is 157 cm³/mol. The second kappa shape index (κ2) is 11.3. The van der Waals surface area contributed by atoms with Crippen LogP contribution in [0.4, 0.5) is 9.52 Å². The van der Waals surface area contributed by atoms with E-state index in [4.69, 9.17) is 10.1 Å². The first kappa shape index (κ1) is 28.0. The highest BCUT2D eigenvalue weighted by Crippen LogP contribution is 2.40. The molecule has 216 valence electrons. The van der Waals surface area contributed by atoms with Crippen LogP contribution < -0.4 is 10.0 Å². The molecule has 3 N–H and O–H groups in total. The Morgan fingerprint density at radius 3 is 2.71 bits per heavy atom. The summed E-state index contributed by atoms with van der Waals surface area (Å²) in [7, 11) is -4.01. The van der Waals surface area contributed by atoms with Crippen LogP contribution in [0, 0.1) is 5.82 Å². The average Bonchev–Trinajstić information content (AvgIpc) is 3.69. The van der Waals surface area contributed by atoms with Crippen molar-refractivity contribution in [3.05, 3.63) is 83.7 Å². The summed E-state index contributed by atoms with van der Waals surface area (Å²) in [5.41, 5.74) is 4.21. The maximum Gasteiger partial charge on any atom is 0.249 e. The Hall–Kier alpha value is -3.16. The van der Waals surface area contributed by atoms with Crippen molar-refractivity contribution in [3.8, 4) is 11.3 Å². The van der Waals surface area contributed by atoms with Gasteiger partial charge in [-0.25, -0.2) is 27.9 Å². The molecule has 2 saturated heterocycles. The van der Waals surface area contributed by atoms with Crippen molar-refractivity contribution >= 4 is 26.5 Å². The number of benzene rings is 2. The van der Waals surface area contributed by atoms with Gasteiger partial charge in [0.15, 0.2) is 9.34 Å². The van der Waals surface area contributed by atoms with E-state index in [1.807, 2.05) is 31.2 Å². The van der Waals surface area contributed by atoms with Crippen LogP contribution in [-0.2, 0) is 23.0 Å². The lowest BCUT2D eigenvalue weighted by atomic mass is 9.92. The summed E-state index contributed by atoms with van der Waals surface area (Å²) in [5, 5.41) is 16.5. The topological polar surface area (TPSA) is 118 Å². The van der Waals surface area contributed by atoms with E-state index in [0.717, 1.165) is 40.3 Å². The van der Waals surface area contributed by atoms with Crippen LogP contribution in [0.3, 0.4) is 0 Å². The van der Waals surface area contributed by atoms with Gasteiger partial charge in [-0.1, -0.05) is 54.7 Å². The number of aromatic nitrogens is 3. The molecule has 2 fully saturated rings. The van der Waals surface area contributed by atoms with E-state index >= 15 is 0 Å². The predicted octanol–water partition coefficient (Wildman–Crippen LogP) is 3.44. The number of aryl methyl sites for hydroxylation is 2. The average molecular weight is 597 g/mol. The highest BCUT2D eigenvalue weighted by molar-refractivity contribution is 7.91. The lowest BCUT2D eigenvalue weighted by Gasteiger charge is -2.37. The molecule has 41 heavy (non-hydrogen) atoms. The monoisotopic (exact) mass is 596 g/mol. The van der Waals surface area contributed by atoms with E-state index in [2.05, 4.69) is 19.4 Å². The van der Waals surface area contributed by atoms with Gasteiger partial charge in [-0.15, -0.1) is 0 Å². The standard InChI is InChI=1S/C29H33FN6O3S2/c1-19(27-28(41(31,38)39)40-29(33-27)35-13-12-34-17-23(37)14-22(34)16-35)24-4-2-3-5-25(24)26-15-32-18-36(26)11-10-20-6-8-21(30)9-7-20/h2-9,15,18-19,22-23,37H,10-14,16-17H2,1H3,(H2,31,38,39)/t19-,22+,23-/m1/s1. The Labute approximate surface area is 243 Å². The van der Waals surface area contributed by atoms with Gasteiger partial charge in [0.1, 0.15) is 5.82 Å². The van der Waals surface area contributed by atoms with Crippen LogP contribution in [0.1, 0.15) is 36.1 Å². The van der Waals surface area contributed by atoms with Crippen LogP contribution in [0.5, 0.6) is 0 Å². The summed E-state index contributed by atoms with van der Waals surface area (Å²) in [6, 6.07) is 14.6. The Morgan fingerprint density at radius 2 is 1.93 bits per heavy atom. The molecule has 6 rings (SSSR count). The maximum absolute atomic E-state index is 13.3. The van der Waals surface area contributed by atoms with Crippen molar-refractivity contribution in [1.82, 2.24) is 19.4 Å². The van der Waals surface area contributed by atoms with Crippen molar-refractivity contribution in [1.29, 1.82) is 0 Å². The Balaban J connectivity index is 1.30. The second-order valence-corrected chi connectivity index (χ2v) is 13.6. The number of fused-ring (bicyclic) bond motifs is 1. The molecule has 4 aromatic rings. The van der Waals surface area contributed by atoms with Gasteiger partial charge in [0.25, 0.3) is 0 Å². The van der Waals surface area contributed by atoms with Gasteiger partial charge in [-0.2, -0.15) is 0 Å². The maximum atomic E-state index is 13.3. The van der Waals surface area contributed by atoms with E-state index in [0.29, 0.717) is 49.8 Å². The summed E-state index contributed by atoms with van der Waals surface area (Å²) < 4.78 is 41.0. The van der Waals surface area contributed by atoms with Crippen LogP contribution in [0.15, 0.2) is 65.3 Å². The number of nitrogens with two attached hydrogens (primary N) is 1. The number of imidazole rings is 1. The number of halogens is 1. The van der Waals surface area contributed by atoms with Crippen molar-refractivity contribution < 1.29 is 17.9 Å². The molecule has 2 aromatic heterocycles. The van der Waals surface area contributed by atoms with Gasteiger partial charge in [0.05, 0.1) is 30.0 Å². The lowest BCUT2D eigenvalue weighted by Crippen LogP contribution is -2.50. The normalized spacial score (nSPS) is 20.3. The fraction of sp³-hybridized carbons (Fsp3) is 0.379. The third-order valence-electron chi connectivity index (χ3n) is 8.11. The first-order valence-electron chi connectivity index (χ1n) is 13.7. The summed E-state index contributed by atoms with van der Waals surface area (Å²) in [6.45, 7) is 5.47. The number of hydrogen-bond donors (Lipinski definition) is 2.